The van der Waals surface area contributed by atoms with Gasteiger partial charge < -0.3 is 0 Å². The number of aromatic nitrogens is 3. The Morgan fingerprint density at radius 1 is 0.375 bits per heavy atom. The molecule has 3 heteroatoms. The lowest BCUT2D eigenvalue weighted by molar-refractivity contribution is 0.660. The van der Waals surface area contributed by atoms with Crippen LogP contribution in [0.5, 0.6) is 0 Å². The van der Waals surface area contributed by atoms with E-state index in [2.05, 4.69) is 107 Å². The molecule has 0 unspecified atom stereocenters. The molecule has 0 N–H and O–H groups in total. The average molecular weight is 622 g/mol. The topological polar surface area (TPSA) is 38.7 Å². The molecule has 1 aliphatic carbocycles. The minimum Gasteiger partial charge on any atom is -0.208 e. The molecule has 1 heterocycles. The van der Waals surface area contributed by atoms with Crippen molar-refractivity contribution in [3.8, 4) is 56.4 Å². The number of fused-ring (bicyclic) bond motifs is 3. The number of aryl methyl sites for hydroxylation is 3. The van der Waals surface area contributed by atoms with Crippen molar-refractivity contribution in [2.75, 3.05) is 0 Å². The Morgan fingerprint density at radius 3 is 1.50 bits per heavy atom. The van der Waals surface area contributed by atoms with Crippen molar-refractivity contribution in [2.24, 2.45) is 0 Å². The van der Waals surface area contributed by atoms with Gasteiger partial charge in [0.25, 0.3) is 0 Å². The van der Waals surface area contributed by atoms with Crippen LogP contribution in [-0.4, -0.2) is 15.0 Å². The van der Waals surface area contributed by atoms with Gasteiger partial charge in [0.15, 0.2) is 17.5 Å². The molecule has 0 spiro atoms. The summed E-state index contributed by atoms with van der Waals surface area (Å²) in [6, 6.07) is 50.6. The standard InChI is InChI=1S/C23H22.C22H17N3/c1-15-9-5-6-10-17(15)19-14-20-18-11-7-8-12-21(18)23(3,4)22(20)13-16(19)2;1-16-9-8-14-19(15-16)22-24-20(17-10-4-2-5-11-17)23-21(25-22)18-12-6-3-7-13-18/h5-14H,1-4H3;2-15H,1H3. The minimum absolute atomic E-state index is 0.0843. The Bertz CT molecular complexity index is 2180. The van der Waals surface area contributed by atoms with Crippen molar-refractivity contribution in [3.63, 3.8) is 0 Å². The van der Waals surface area contributed by atoms with Gasteiger partial charge in [0.05, 0.1) is 0 Å². The Labute approximate surface area is 284 Å². The maximum atomic E-state index is 4.72. The second-order valence-electron chi connectivity index (χ2n) is 13.1. The first-order valence-corrected chi connectivity index (χ1v) is 16.5. The van der Waals surface area contributed by atoms with Crippen LogP contribution in [0.25, 0.3) is 56.4 Å². The molecule has 8 rings (SSSR count). The summed E-state index contributed by atoms with van der Waals surface area (Å²) in [6.07, 6.45) is 0. The quantitative estimate of drug-likeness (QED) is 0.196. The van der Waals surface area contributed by atoms with Crippen LogP contribution in [-0.2, 0) is 5.41 Å². The van der Waals surface area contributed by atoms with E-state index < -0.39 is 0 Å². The van der Waals surface area contributed by atoms with Crippen LogP contribution in [0.2, 0.25) is 0 Å². The van der Waals surface area contributed by atoms with Crippen LogP contribution in [0.15, 0.2) is 146 Å². The van der Waals surface area contributed by atoms with Gasteiger partial charge >= 0.3 is 0 Å². The summed E-state index contributed by atoms with van der Waals surface area (Å²) in [7, 11) is 0. The summed E-state index contributed by atoms with van der Waals surface area (Å²) in [5.41, 5.74) is 15.3. The van der Waals surface area contributed by atoms with Crippen molar-refractivity contribution in [1.29, 1.82) is 0 Å². The lowest BCUT2D eigenvalue weighted by Gasteiger charge is -2.22. The zero-order valence-corrected chi connectivity index (χ0v) is 28.2. The molecule has 0 bridgehead atoms. The third kappa shape index (κ3) is 5.96. The van der Waals surface area contributed by atoms with E-state index >= 15 is 0 Å². The highest BCUT2D eigenvalue weighted by Gasteiger charge is 2.35. The number of nitrogens with zero attached hydrogens (tertiary/aromatic N) is 3. The van der Waals surface area contributed by atoms with Crippen LogP contribution in [0, 0.1) is 20.8 Å². The van der Waals surface area contributed by atoms with Gasteiger partial charge in [-0.05, 0) is 77.4 Å². The molecule has 234 valence electrons. The monoisotopic (exact) mass is 621 g/mol. The van der Waals surface area contributed by atoms with E-state index in [4.69, 9.17) is 15.0 Å². The lowest BCUT2D eigenvalue weighted by atomic mass is 9.81. The smallest absolute Gasteiger partial charge is 0.164 e. The van der Waals surface area contributed by atoms with E-state index in [-0.39, 0.29) is 5.41 Å². The Hall–Kier alpha value is -5.67. The van der Waals surface area contributed by atoms with Crippen molar-refractivity contribution in [3.05, 3.63) is 173 Å². The largest absolute Gasteiger partial charge is 0.208 e. The second kappa shape index (κ2) is 12.8. The summed E-state index contributed by atoms with van der Waals surface area (Å²) in [5, 5.41) is 0. The molecule has 0 amide bonds. The van der Waals surface area contributed by atoms with Gasteiger partial charge in [-0.15, -0.1) is 0 Å². The number of benzene rings is 6. The van der Waals surface area contributed by atoms with Crippen LogP contribution >= 0.6 is 0 Å². The van der Waals surface area contributed by atoms with Gasteiger partial charge in [-0.3, -0.25) is 0 Å². The average Bonchev–Trinajstić information content (AvgIpc) is 3.34. The predicted molar refractivity (Wildman–Crippen MR) is 200 cm³/mol. The summed E-state index contributed by atoms with van der Waals surface area (Å²) in [4.78, 5) is 14.1. The van der Waals surface area contributed by atoms with Gasteiger partial charge in [-0.25, -0.2) is 15.0 Å². The van der Waals surface area contributed by atoms with Gasteiger partial charge in [0.2, 0.25) is 0 Å². The van der Waals surface area contributed by atoms with Gasteiger partial charge in [0.1, 0.15) is 0 Å². The first kappa shape index (κ1) is 31.0. The van der Waals surface area contributed by atoms with Crippen molar-refractivity contribution >= 4 is 0 Å². The molecule has 1 aromatic heterocycles. The fourth-order valence-electron chi connectivity index (χ4n) is 6.74. The highest BCUT2D eigenvalue weighted by Crippen LogP contribution is 2.50. The zero-order valence-electron chi connectivity index (χ0n) is 28.2. The van der Waals surface area contributed by atoms with Crippen LogP contribution in [0.3, 0.4) is 0 Å². The second-order valence-corrected chi connectivity index (χ2v) is 13.1. The third-order valence-electron chi connectivity index (χ3n) is 9.34. The molecule has 0 fully saturated rings. The lowest BCUT2D eigenvalue weighted by Crippen LogP contribution is -2.15. The first-order valence-electron chi connectivity index (χ1n) is 16.5. The molecule has 0 saturated heterocycles. The van der Waals surface area contributed by atoms with Crippen LogP contribution in [0.4, 0.5) is 0 Å². The molecule has 7 aromatic rings. The summed E-state index contributed by atoms with van der Waals surface area (Å²) < 4.78 is 0. The number of hydrogen-bond donors (Lipinski definition) is 0. The molecular formula is C45H39N3. The minimum atomic E-state index is 0.0843. The van der Waals surface area contributed by atoms with E-state index in [1.807, 2.05) is 72.8 Å². The summed E-state index contributed by atoms with van der Waals surface area (Å²) in [5.74, 6) is 2.06. The van der Waals surface area contributed by atoms with E-state index in [9.17, 15) is 0 Å². The SMILES string of the molecule is Cc1cccc(-c2nc(-c3ccccc3)nc(-c3ccccc3)n2)c1.Cc1ccccc1-c1cc2c(cc1C)C(C)(C)c1ccccc1-2. The molecule has 0 radical (unpaired) electrons. The molecule has 0 aliphatic heterocycles. The van der Waals surface area contributed by atoms with Crippen molar-refractivity contribution < 1.29 is 0 Å². The van der Waals surface area contributed by atoms with Gasteiger partial charge in [-0.2, -0.15) is 0 Å². The van der Waals surface area contributed by atoms with E-state index in [0.717, 1.165) is 16.7 Å². The maximum absolute atomic E-state index is 4.72. The Morgan fingerprint density at radius 2 is 0.896 bits per heavy atom. The molecule has 3 nitrogen and oxygen atoms in total. The fraction of sp³-hybridized carbons (Fsp3) is 0.133. The Kier molecular flexibility index (Phi) is 8.29. The molecular weight excluding hydrogens is 583 g/mol. The van der Waals surface area contributed by atoms with Crippen LogP contribution < -0.4 is 0 Å². The van der Waals surface area contributed by atoms with Crippen molar-refractivity contribution in [1.82, 2.24) is 15.0 Å². The van der Waals surface area contributed by atoms with Gasteiger partial charge in [0, 0.05) is 22.1 Å². The predicted octanol–water partition coefficient (Wildman–Crippen LogP) is 11.5. The molecule has 1 aliphatic rings. The summed E-state index contributed by atoms with van der Waals surface area (Å²) >= 11 is 0. The van der Waals surface area contributed by atoms with Crippen molar-refractivity contribution in [2.45, 2.75) is 40.0 Å². The highest BCUT2D eigenvalue weighted by atomic mass is 15.0. The highest BCUT2D eigenvalue weighted by molar-refractivity contribution is 5.86. The first-order chi connectivity index (χ1) is 23.3. The van der Waals surface area contributed by atoms with E-state index in [1.165, 1.54) is 50.1 Å². The maximum Gasteiger partial charge on any atom is 0.164 e. The van der Waals surface area contributed by atoms with E-state index in [0.29, 0.717) is 17.5 Å². The van der Waals surface area contributed by atoms with Crippen LogP contribution in [0.1, 0.15) is 41.7 Å². The summed E-state index contributed by atoms with van der Waals surface area (Å²) in [6.45, 7) is 11.2. The molecule has 6 aromatic carbocycles. The molecule has 0 atom stereocenters. The zero-order chi connectivity index (χ0) is 33.3. The molecule has 0 saturated carbocycles. The molecule has 48 heavy (non-hydrogen) atoms. The van der Waals surface area contributed by atoms with E-state index in [1.54, 1.807) is 0 Å². The van der Waals surface area contributed by atoms with Gasteiger partial charge in [-0.1, -0.05) is 153 Å². The normalized spacial score (nSPS) is 12.4. The Balaban J connectivity index is 0.000000152. The number of hydrogen-bond acceptors (Lipinski definition) is 3. The number of rotatable bonds is 4. The fourth-order valence-corrected chi connectivity index (χ4v) is 6.74. The third-order valence-corrected chi connectivity index (χ3v) is 9.34.